The highest BCUT2D eigenvalue weighted by Crippen LogP contribution is 2.20. The Hall–Kier alpha value is -2.49. The number of nitrogens with one attached hydrogen (secondary N) is 1. The zero-order chi connectivity index (χ0) is 12.7. The zero-order valence-corrected chi connectivity index (χ0v) is 9.84. The molecule has 18 heavy (non-hydrogen) atoms. The molecule has 0 saturated carbocycles. The number of rotatable bonds is 1. The van der Waals surface area contributed by atoms with E-state index in [1.807, 2.05) is 31.2 Å². The Morgan fingerprint density at radius 1 is 1.17 bits per heavy atom. The second kappa shape index (κ2) is 3.77. The number of H-pyrrole nitrogens is 1. The van der Waals surface area contributed by atoms with E-state index in [4.69, 9.17) is 0 Å². The van der Waals surface area contributed by atoms with Gasteiger partial charge in [-0.15, -0.1) is 0 Å². The Morgan fingerprint density at radius 2 is 2.00 bits per heavy atom. The summed E-state index contributed by atoms with van der Waals surface area (Å²) in [7, 11) is 0. The minimum atomic E-state index is -0.207. The van der Waals surface area contributed by atoms with Crippen molar-refractivity contribution in [1.29, 1.82) is 0 Å². The molecule has 0 spiro atoms. The molecule has 2 N–H and O–H groups in total. The lowest BCUT2D eigenvalue weighted by atomic mass is 10.2. The topological polar surface area (TPSA) is 58.0 Å². The van der Waals surface area contributed by atoms with Crippen molar-refractivity contribution in [3.05, 3.63) is 58.5 Å². The number of benzene rings is 2. The Balaban J connectivity index is 2.38. The number of imidazole rings is 1. The van der Waals surface area contributed by atoms with Gasteiger partial charge in [-0.3, -0.25) is 4.57 Å². The van der Waals surface area contributed by atoms with Gasteiger partial charge in [-0.05, 0) is 36.8 Å². The van der Waals surface area contributed by atoms with E-state index < -0.39 is 0 Å². The highest BCUT2D eigenvalue weighted by atomic mass is 16.3. The summed E-state index contributed by atoms with van der Waals surface area (Å²) in [5.74, 6) is 0.142. The van der Waals surface area contributed by atoms with Crippen LogP contribution >= 0.6 is 0 Å². The van der Waals surface area contributed by atoms with Crippen molar-refractivity contribution in [3.8, 4) is 11.4 Å². The largest absolute Gasteiger partial charge is 0.508 e. The van der Waals surface area contributed by atoms with Gasteiger partial charge in [0.25, 0.3) is 0 Å². The summed E-state index contributed by atoms with van der Waals surface area (Å²) in [5.41, 5.74) is 3.04. The Morgan fingerprint density at radius 3 is 2.78 bits per heavy atom. The van der Waals surface area contributed by atoms with E-state index in [-0.39, 0.29) is 11.4 Å². The van der Waals surface area contributed by atoms with Gasteiger partial charge in [0, 0.05) is 6.07 Å². The standard InChI is InChI=1S/C14H12N2O2/c1-9-3-2-4-10(7-9)16-13-8-11(17)5-6-12(13)15-14(16)18/h2-8,17H,1H3,(H,15,18). The van der Waals surface area contributed by atoms with Crippen LogP contribution < -0.4 is 5.69 Å². The van der Waals surface area contributed by atoms with Gasteiger partial charge in [-0.2, -0.15) is 0 Å². The van der Waals surface area contributed by atoms with E-state index in [2.05, 4.69) is 4.98 Å². The third-order valence-corrected chi connectivity index (χ3v) is 2.93. The second-order valence-corrected chi connectivity index (χ2v) is 4.31. The molecule has 1 heterocycles. The SMILES string of the molecule is Cc1cccc(-n2c(=O)[nH]c3ccc(O)cc32)c1. The van der Waals surface area contributed by atoms with Crippen molar-refractivity contribution in [2.45, 2.75) is 6.92 Å². The summed E-state index contributed by atoms with van der Waals surface area (Å²) in [4.78, 5) is 14.8. The molecule has 0 fully saturated rings. The van der Waals surface area contributed by atoms with Gasteiger partial charge in [0.15, 0.2) is 0 Å². The molecule has 2 aromatic carbocycles. The minimum absolute atomic E-state index is 0.142. The quantitative estimate of drug-likeness (QED) is 0.685. The van der Waals surface area contributed by atoms with Crippen LogP contribution in [0, 0.1) is 6.92 Å². The van der Waals surface area contributed by atoms with Crippen molar-refractivity contribution >= 4 is 11.0 Å². The van der Waals surface area contributed by atoms with Crippen molar-refractivity contribution in [2.24, 2.45) is 0 Å². The molecular formula is C14H12N2O2. The van der Waals surface area contributed by atoms with Crippen LogP contribution in [0.25, 0.3) is 16.7 Å². The summed E-state index contributed by atoms with van der Waals surface area (Å²) in [6.45, 7) is 1.97. The molecule has 0 unspecified atom stereocenters. The van der Waals surface area contributed by atoms with Gasteiger partial charge < -0.3 is 10.1 Å². The van der Waals surface area contributed by atoms with Crippen molar-refractivity contribution < 1.29 is 5.11 Å². The molecule has 3 aromatic rings. The number of aromatic nitrogens is 2. The summed E-state index contributed by atoms with van der Waals surface area (Å²) < 4.78 is 1.56. The molecule has 0 aliphatic carbocycles. The molecule has 0 aliphatic rings. The first-order valence-corrected chi connectivity index (χ1v) is 5.66. The lowest BCUT2D eigenvalue weighted by molar-refractivity contribution is 0.476. The lowest BCUT2D eigenvalue weighted by Gasteiger charge is -2.04. The minimum Gasteiger partial charge on any atom is -0.508 e. The van der Waals surface area contributed by atoms with Crippen LogP contribution in [0.5, 0.6) is 5.75 Å². The fourth-order valence-corrected chi connectivity index (χ4v) is 2.11. The number of aromatic hydroxyl groups is 1. The van der Waals surface area contributed by atoms with Crippen LogP contribution in [0.3, 0.4) is 0 Å². The van der Waals surface area contributed by atoms with Gasteiger partial charge >= 0.3 is 5.69 Å². The number of aryl methyl sites for hydroxylation is 1. The third kappa shape index (κ3) is 1.59. The van der Waals surface area contributed by atoms with E-state index in [1.54, 1.807) is 22.8 Å². The average Bonchev–Trinajstić information content (AvgIpc) is 2.64. The summed E-state index contributed by atoms with van der Waals surface area (Å²) >= 11 is 0. The molecule has 0 saturated heterocycles. The zero-order valence-electron chi connectivity index (χ0n) is 9.84. The maximum Gasteiger partial charge on any atom is 0.331 e. The Bertz CT molecular complexity index is 784. The Labute approximate surface area is 103 Å². The molecule has 0 atom stereocenters. The molecule has 0 bridgehead atoms. The summed E-state index contributed by atoms with van der Waals surface area (Å²) in [6, 6.07) is 12.5. The van der Waals surface area contributed by atoms with Gasteiger partial charge in [0.2, 0.25) is 0 Å². The molecule has 3 rings (SSSR count). The first-order chi connectivity index (χ1) is 8.65. The number of nitrogens with zero attached hydrogens (tertiary/aromatic N) is 1. The maximum absolute atomic E-state index is 12.0. The monoisotopic (exact) mass is 240 g/mol. The number of fused-ring (bicyclic) bond motifs is 1. The van der Waals surface area contributed by atoms with Crippen molar-refractivity contribution in [1.82, 2.24) is 9.55 Å². The fraction of sp³-hybridized carbons (Fsp3) is 0.0714. The molecule has 0 amide bonds. The third-order valence-electron chi connectivity index (χ3n) is 2.93. The van der Waals surface area contributed by atoms with Crippen LogP contribution in [0.4, 0.5) is 0 Å². The van der Waals surface area contributed by atoms with Crippen molar-refractivity contribution in [2.75, 3.05) is 0 Å². The van der Waals surface area contributed by atoms with Crippen LogP contribution in [0.2, 0.25) is 0 Å². The van der Waals surface area contributed by atoms with E-state index in [1.165, 1.54) is 0 Å². The van der Waals surface area contributed by atoms with E-state index in [9.17, 15) is 9.90 Å². The second-order valence-electron chi connectivity index (χ2n) is 4.31. The van der Waals surface area contributed by atoms with Gasteiger partial charge in [0.05, 0.1) is 16.7 Å². The highest BCUT2D eigenvalue weighted by Gasteiger charge is 2.09. The normalized spacial score (nSPS) is 10.9. The summed E-state index contributed by atoms with van der Waals surface area (Å²) in [6.07, 6.45) is 0. The predicted octanol–water partition coefficient (Wildman–Crippen LogP) is 2.33. The van der Waals surface area contributed by atoms with Gasteiger partial charge in [-0.1, -0.05) is 12.1 Å². The first-order valence-electron chi connectivity index (χ1n) is 5.66. The van der Waals surface area contributed by atoms with Crippen molar-refractivity contribution in [3.63, 3.8) is 0 Å². The number of hydrogen-bond acceptors (Lipinski definition) is 2. The molecular weight excluding hydrogens is 228 g/mol. The molecule has 1 aromatic heterocycles. The van der Waals surface area contributed by atoms with Crippen LogP contribution in [0.15, 0.2) is 47.3 Å². The molecule has 4 heteroatoms. The molecule has 90 valence electrons. The maximum atomic E-state index is 12.0. The van der Waals surface area contributed by atoms with Crippen LogP contribution in [0.1, 0.15) is 5.56 Å². The van der Waals surface area contributed by atoms with Crippen LogP contribution in [-0.4, -0.2) is 14.7 Å². The fourth-order valence-electron chi connectivity index (χ4n) is 2.11. The number of hydrogen-bond donors (Lipinski definition) is 2. The Kier molecular flexibility index (Phi) is 2.23. The van der Waals surface area contributed by atoms with Gasteiger partial charge in [0.1, 0.15) is 5.75 Å². The predicted molar refractivity (Wildman–Crippen MR) is 70.3 cm³/mol. The van der Waals surface area contributed by atoms with Crippen LogP contribution in [-0.2, 0) is 0 Å². The lowest BCUT2D eigenvalue weighted by Crippen LogP contribution is -2.14. The smallest absolute Gasteiger partial charge is 0.331 e. The van der Waals surface area contributed by atoms with E-state index in [0.29, 0.717) is 11.0 Å². The van der Waals surface area contributed by atoms with E-state index in [0.717, 1.165) is 11.3 Å². The molecule has 4 nitrogen and oxygen atoms in total. The summed E-state index contributed by atoms with van der Waals surface area (Å²) in [5, 5.41) is 9.54. The van der Waals surface area contributed by atoms with Gasteiger partial charge in [-0.25, -0.2) is 4.79 Å². The highest BCUT2D eigenvalue weighted by molar-refractivity contribution is 5.78. The molecule has 0 aliphatic heterocycles. The first kappa shape index (κ1) is 10.7. The number of aromatic amines is 1. The average molecular weight is 240 g/mol. The molecule has 0 radical (unpaired) electrons. The van der Waals surface area contributed by atoms with E-state index >= 15 is 0 Å². The number of phenolic OH excluding ortho intramolecular Hbond substituents is 1. The number of phenols is 1.